The van der Waals surface area contributed by atoms with E-state index in [0.717, 1.165) is 37.2 Å². The number of nitrogens with zero attached hydrogens (tertiary/aromatic N) is 1. The second-order valence-corrected chi connectivity index (χ2v) is 6.12. The summed E-state index contributed by atoms with van der Waals surface area (Å²) in [6.45, 7) is 4.17. The van der Waals surface area contributed by atoms with Crippen molar-refractivity contribution in [3.05, 3.63) is 59.4 Å². The van der Waals surface area contributed by atoms with Crippen LogP contribution in [0, 0.1) is 6.92 Å². The molecule has 24 heavy (non-hydrogen) atoms. The molecular weight excluding hydrogens is 302 g/mol. The molecule has 1 atom stereocenters. The molecule has 1 saturated heterocycles. The highest BCUT2D eigenvalue weighted by Crippen LogP contribution is 2.13. The molecule has 0 radical (unpaired) electrons. The zero-order valence-corrected chi connectivity index (χ0v) is 13.9. The van der Waals surface area contributed by atoms with Crippen molar-refractivity contribution in [3.8, 4) is 0 Å². The van der Waals surface area contributed by atoms with Gasteiger partial charge in [0.2, 0.25) is 0 Å². The molecule has 1 fully saturated rings. The fraction of sp³-hybridized carbons (Fsp3) is 0.368. The largest absolute Gasteiger partial charge is 0.381 e. The van der Waals surface area contributed by atoms with Crippen LogP contribution in [0.2, 0.25) is 0 Å². The van der Waals surface area contributed by atoms with Gasteiger partial charge in [0.05, 0.1) is 18.0 Å². The SMILES string of the molecule is Cc1cccc(CNC(=O)c2ccc(NCC3CCCO3)cn2)c1. The van der Waals surface area contributed by atoms with Crippen molar-refractivity contribution in [2.24, 2.45) is 0 Å². The Balaban J connectivity index is 1.49. The monoisotopic (exact) mass is 325 g/mol. The molecule has 5 heteroatoms. The number of anilines is 1. The zero-order chi connectivity index (χ0) is 16.8. The van der Waals surface area contributed by atoms with E-state index in [1.165, 1.54) is 5.56 Å². The number of carbonyl (C=O) groups excluding carboxylic acids is 1. The molecule has 1 aliphatic heterocycles. The van der Waals surface area contributed by atoms with Gasteiger partial charge < -0.3 is 15.4 Å². The maximum atomic E-state index is 12.2. The maximum Gasteiger partial charge on any atom is 0.270 e. The number of amides is 1. The average Bonchev–Trinajstić information content (AvgIpc) is 3.12. The molecule has 0 bridgehead atoms. The number of hydrogen-bond acceptors (Lipinski definition) is 4. The second-order valence-electron chi connectivity index (χ2n) is 6.12. The normalized spacial score (nSPS) is 16.8. The molecule has 126 valence electrons. The Bertz CT molecular complexity index is 679. The Hall–Kier alpha value is -2.40. The predicted molar refractivity (Wildman–Crippen MR) is 94.0 cm³/mol. The number of pyridine rings is 1. The first kappa shape index (κ1) is 16.5. The third-order valence-corrected chi connectivity index (χ3v) is 4.09. The van der Waals surface area contributed by atoms with Gasteiger partial charge in [0.1, 0.15) is 5.69 Å². The highest BCUT2D eigenvalue weighted by molar-refractivity contribution is 5.92. The molecule has 0 aliphatic carbocycles. The Morgan fingerprint density at radius 1 is 1.33 bits per heavy atom. The van der Waals surface area contributed by atoms with E-state index in [2.05, 4.69) is 21.7 Å². The van der Waals surface area contributed by atoms with Crippen LogP contribution in [0.15, 0.2) is 42.6 Å². The van der Waals surface area contributed by atoms with Crippen LogP contribution in [0.4, 0.5) is 5.69 Å². The lowest BCUT2D eigenvalue weighted by molar-refractivity contribution is 0.0946. The minimum absolute atomic E-state index is 0.165. The van der Waals surface area contributed by atoms with Gasteiger partial charge in [-0.05, 0) is 37.5 Å². The molecule has 2 aromatic rings. The number of ether oxygens (including phenoxy) is 1. The Kier molecular flexibility index (Phi) is 5.43. The van der Waals surface area contributed by atoms with E-state index in [0.29, 0.717) is 12.2 Å². The summed E-state index contributed by atoms with van der Waals surface area (Å²) < 4.78 is 5.57. The van der Waals surface area contributed by atoms with Crippen LogP contribution in [0.25, 0.3) is 0 Å². The lowest BCUT2D eigenvalue weighted by Gasteiger charge is -2.12. The van der Waals surface area contributed by atoms with Crippen LogP contribution < -0.4 is 10.6 Å². The van der Waals surface area contributed by atoms with E-state index in [4.69, 9.17) is 4.74 Å². The first-order valence-corrected chi connectivity index (χ1v) is 8.36. The lowest BCUT2D eigenvalue weighted by atomic mass is 10.1. The van der Waals surface area contributed by atoms with Gasteiger partial charge in [0.15, 0.2) is 0 Å². The van der Waals surface area contributed by atoms with Gasteiger partial charge in [0.25, 0.3) is 5.91 Å². The highest BCUT2D eigenvalue weighted by Gasteiger charge is 2.15. The maximum absolute atomic E-state index is 12.2. The minimum Gasteiger partial charge on any atom is -0.381 e. The van der Waals surface area contributed by atoms with Gasteiger partial charge in [0, 0.05) is 19.7 Å². The van der Waals surface area contributed by atoms with E-state index < -0.39 is 0 Å². The summed E-state index contributed by atoms with van der Waals surface area (Å²) in [4.78, 5) is 16.4. The summed E-state index contributed by atoms with van der Waals surface area (Å²) in [6, 6.07) is 11.7. The summed E-state index contributed by atoms with van der Waals surface area (Å²) in [5.41, 5.74) is 3.59. The topological polar surface area (TPSA) is 63.2 Å². The van der Waals surface area contributed by atoms with E-state index in [1.54, 1.807) is 12.3 Å². The lowest BCUT2D eigenvalue weighted by Crippen LogP contribution is -2.24. The molecule has 0 spiro atoms. The van der Waals surface area contributed by atoms with Gasteiger partial charge in [-0.3, -0.25) is 4.79 Å². The number of nitrogens with one attached hydrogen (secondary N) is 2. The third-order valence-electron chi connectivity index (χ3n) is 4.09. The fourth-order valence-corrected chi connectivity index (χ4v) is 2.76. The van der Waals surface area contributed by atoms with Crippen molar-refractivity contribution in [1.29, 1.82) is 0 Å². The standard InChI is InChI=1S/C19H23N3O2/c1-14-4-2-5-15(10-14)11-22-19(23)18-8-7-16(12-21-18)20-13-17-6-3-9-24-17/h2,4-5,7-8,10,12,17,20H,3,6,9,11,13H2,1H3,(H,22,23). The summed E-state index contributed by atoms with van der Waals surface area (Å²) >= 11 is 0. The van der Waals surface area contributed by atoms with Gasteiger partial charge in [-0.15, -0.1) is 0 Å². The van der Waals surface area contributed by atoms with Crippen molar-refractivity contribution in [2.45, 2.75) is 32.4 Å². The van der Waals surface area contributed by atoms with E-state index in [1.807, 2.05) is 31.2 Å². The molecule has 1 unspecified atom stereocenters. The molecule has 2 N–H and O–H groups in total. The van der Waals surface area contributed by atoms with Gasteiger partial charge in [-0.1, -0.05) is 29.8 Å². The average molecular weight is 325 g/mol. The van der Waals surface area contributed by atoms with Crippen molar-refractivity contribution in [3.63, 3.8) is 0 Å². The minimum atomic E-state index is -0.165. The molecule has 1 amide bonds. The molecule has 1 aromatic heterocycles. The first-order valence-electron chi connectivity index (χ1n) is 8.36. The number of carbonyl (C=O) groups is 1. The van der Waals surface area contributed by atoms with E-state index in [-0.39, 0.29) is 12.0 Å². The van der Waals surface area contributed by atoms with Crippen LogP contribution in [0.5, 0.6) is 0 Å². The molecule has 1 aromatic carbocycles. The summed E-state index contributed by atoms with van der Waals surface area (Å²) in [5.74, 6) is -0.165. The van der Waals surface area contributed by atoms with Crippen LogP contribution in [0.1, 0.15) is 34.5 Å². The first-order chi connectivity index (χ1) is 11.7. The van der Waals surface area contributed by atoms with E-state index in [9.17, 15) is 4.79 Å². The van der Waals surface area contributed by atoms with Crippen molar-refractivity contribution >= 4 is 11.6 Å². The van der Waals surface area contributed by atoms with Crippen LogP contribution in [-0.2, 0) is 11.3 Å². The molecule has 3 rings (SSSR count). The molecule has 0 saturated carbocycles. The third kappa shape index (κ3) is 4.55. The number of hydrogen-bond donors (Lipinski definition) is 2. The fourth-order valence-electron chi connectivity index (χ4n) is 2.76. The molecular formula is C19H23N3O2. The van der Waals surface area contributed by atoms with Gasteiger partial charge >= 0.3 is 0 Å². The predicted octanol–water partition coefficient (Wildman–Crippen LogP) is 2.91. The molecule has 2 heterocycles. The second kappa shape index (κ2) is 7.93. The Labute approximate surface area is 142 Å². The van der Waals surface area contributed by atoms with E-state index >= 15 is 0 Å². The number of rotatable bonds is 6. The van der Waals surface area contributed by atoms with Crippen molar-refractivity contribution in [1.82, 2.24) is 10.3 Å². The highest BCUT2D eigenvalue weighted by atomic mass is 16.5. The van der Waals surface area contributed by atoms with Crippen LogP contribution in [0.3, 0.4) is 0 Å². The molecule has 1 aliphatic rings. The number of benzene rings is 1. The van der Waals surface area contributed by atoms with Crippen LogP contribution >= 0.6 is 0 Å². The van der Waals surface area contributed by atoms with Gasteiger partial charge in [-0.2, -0.15) is 0 Å². The van der Waals surface area contributed by atoms with Crippen molar-refractivity contribution < 1.29 is 9.53 Å². The number of aromatic nitrogens is 1. The molecule has 5 nitrogen and oxygen atoms in total. The number of aryl methyl sites for hydroxylation is 1. The Morgan fingerprint density at radius 2 is 2.25 bits per heavy atom. The smallest absolute Gasteiger partial charge is 0.270 e. The Morgan fingerprint density at radius 3 is 2.96 bits per heavy atom. The summed E-state index contributed by atoms with van der Waals surface area (Å²) in [5, 5.41) is 6.19. The summed E-state index contributed by atoms with van der Waals surface area (Å²) in [7, 11) is 0. The quantitative estimate of drug-likeness (QED) is 0.857. The summed E-state index contributed by atoms with van der Waals surface area (Å²) in [6.07, 6.45) is 4.20. The van der Waals surface area contributed by atoms with Crippen molar-refractivity contribution in [2.75, 3.05) is 18.5 Å². The van der Waals surface area contributed by atoms with Gasteiger partial charge in [-0.25, -0.2) is 4.98 Å². The van der Waals surface area contributed by atoms with Crippen LogP contribution in [-0.4, -0.2) is 30.1 Å². The zero-order valence-electron chi connectivity index (χ0n) is 13.9.